The Morgan fingerprint density at radius 2 is 1.78 bits per heavy atom. The smallest absolute Gasteiger partial charge is 0.229 e. The summed E-state index contributed by atoms with van der Waals surface area (Å²) < 4.78 is 52.6. The zero-order chi connectivity index (χ0) is 17.0. The minimum Gasteiger partial charge on any atom is -0.376 e. The predicted octanol–water partition coefficient (Wildman–Crippen LogP) is 2.82. The van der Waals surface area contributed by atoms with Crippen LogP contribution < -0.4 is 10.0 Å². The molecular weight excluding hydrogens is 324 g/mol. The van der Waals surface area contributed by atoms with Crippen molar-refractivity contribution in [2.24, 2.45) is 0 Å². The Balaban J connectivity index is 2.24. The van der Waals surface area contributed by atoms with Crippen LogP contribution in [-0.4, -0.2) is 14.7 Å². The molecule has 0 aliphatic heterocycles. The molecule has 0 aromatic heterocycles. The molecule has 0 amide bonds. The van der Waals surface area contributed by atoms with Crippen molar-refractivity contribution in [1.29, 1.82) is 5.26 Å². The lowest BCUT2D eigenvalue weighted by atomic mass is 10.1. The molecule has 0 aliphatic carbocycles. The molecule has 0 radical (unpaired) electrons. The van der Waals surface area contributed by atoms with Crippen molar-refractivity contribution in [2.45, 2.75) is 6.54 Å². The number of rotatable bonds is 5. The largest absolute Gasteiger partial charge is 0.376 e. The van der Waals surface area contributed by atoms with Gasteiger partial charge in [-0.1, -0.05) is 18.2 Å². The van der Waals surface area contributed by atoms with Crippen LogP contribution >= 0.6 is 0 Å². The van der Waals surface area contributed by atoms with Crippen LogP contribution in [0.15, 0.2) is 36.4 Å². The summed E-state index contributed by atoms with van der Waals surface area (Å²) in [6, 6.07) is 9.99. The van der Waals surface area contributed by atoms with Gasteiger partial charge in [-0.15, -0.1) is 0 Å². The number of para-hydroxylation sites is 1. The lowest BCUT2D eigenvalue weighted by Gasteiger charge is -2.13. The summed E-state index contributed by atoms with van der Waals surface area (Å²) in [5, 5.41) is 11.2. The van der Waals surface area contributed by atoms with Crippen molar-refractivity contribution in [1.82, 2.24) is 0 Å². The monoisotopic (exact) mass is 337 g/mol. The molecule has 2 rings (SSSR count). The molecule has 0 unspecified atom stereocenters. The Labute approximate surface area is 132 Å². The number of anilines is 2. The molecule has 0 fully saturated rings. The van der Waals surface area contributed by atoms with E-state index in [1.807, 2.05) is 0 Å². The molecule has 2 N–H and O–H groups in total. The van der Waals surface area contributed by atoms with Gasteiger partial charge in [-0.3, -0.25) is 4.72 Å². The van der Waals surface area contributed by atoms with E-state index in [4.69, 9.17) is 5.26 Å². The standard InChI is InChI=1S/C15H13F2N3O2S/c1-23(21,22)20-14-5-3-2-4-11(14)9-19-15-12(16)6-10(8-18)7-13(15)17/h2-7,19-20H,9H2,1H3. The van der Waals surface area contributed by atoms with Gasteiger partial charge in [0.1, 0.15) is 5.69 Å². The van der Waals surface area contributed by atoms with Gasteiger partial charge in [-0.05, 0) is 23.8 Å². The van der Waals surface area contributed by atoms with Gasteiger partial charge in [0.2, 0.25) is 10.0 Å². The summed E-state index contributed by atoms with van der Waals surface area (Å²) in [5.41, 5.74) is 0.334. The molecule has 0 atom stereocenters. The third-order valence-corrected chi connectivity index (χ3v) is 3.53. The number of hydrogen-bond acceptors (Lipinski definition) is 4. The summed E-state index contributed by atoms with van der Waals surface area (Å²) in [4.78, 5) is 0. The van der Waals surface area contributed by atoms with Crippen LogP contribution in [-0.2, 0) is 16.6 Å². The van der Waals surface area contributed by atoms with Gasteiger partial charge in [0.15, 0.2) is 11.6 Å². The zero-order valence-corrected chi connectivity index (χ0v) is 12.9. The van der Waals surface area contributed by atoms with E-state index in [1.54, 1.807) is 30.3 Å². The molecule has 0 aliphatic rings. The average Bonchev–Trinajstić information content (AvgIpc) is 2.46. The maximum Gasteiger partial charge on any atom is 0.229 e. The summed E-state index contributed by atoms with van der Waals surface area (Å²) >= 11 is 0. The normalized spacial score (nSPS) is 10.9. The Bertz CT molecular complexity index is 854. The van der Waals surface area contributed by atoms with Crippen LogP contribution in [0.4, 0.5) is 20.2 Å². The van der Waals surface area contributed by atoms with E-state index < -0.39 is 21.7 Å². The quantitative estimate of drug-likeness (QED) is 0.879. The number of nitrogens with one attached hydrogen (secondary N) is 2. The number of benzene rings is 2. The van der Waals surface area contributed by atoms with Crippen LogP contribution in [0, 0.1) is 23.0 Å². The van der Waals surface area contributed by atoms with Crippen molar-refractivity contribution < 1.29 is 17.2 Å². The van der Waals surface area contributed by atoms with Crippen molar-refractivity contribution in [3.8, 4) is 6.07 Å². The van der Waals surface area contributed by atoms with E-state index in [-0.39, 0.29) is 17.8 Å². The molecule has 0 heterocycles. The maximum atomic E-state index is 13.8. The predicted molar refractivity (Wildman–Crippen MR) is 83.3 cm³/mol. The number of hydrogen-bond donors (Lipinski definition) is 2. The van der Waals surface area contributed by atoms with E-state index in [1.165, 1.54) is 0 Å². The minimum absolute atomic E-state index is 0.00155. The third kappa shape index (κ3) is 4.40. The summed E-state index contributed by atoms with van der Waals surface area (Å²) in [6.07, 6.45) is 1.01. The number of nitrogens with zero attached hydrogens (tertiary/aromatic N) is 1. The second-order valence-electron chi connectivity index (χ2n) is 4.81. The molecule has 0 bridgehead atoms. The minimum atomic E-state index is -3.47. The fraction of sp³-hybridized carbons (Fsp3) is 0.133. The number of sulfonamides is 1. The highest BCUT2D eigenvalue weighted by molar-refractivity contribution is 7.92. The van der Waals surface area contributed by atoms with Crippen LogP contribution in [0.1, 0.15) is 11.1 Å². The van der Waals surface area contributed by atoms with Gasteiger partial charge in [0, 0.05) is 6.54 Å². The second kappa shape index (κ2) is 6.62. The van der Waals surface area contributed by atoms with E-state index in [0.29, 0.717) is 11.3 Å². The van der Waals surface area contributed by atoms with Crippen LogP contribution in [0.2, 0.25) is 0 Å². The first-order chi connectivity index (χ1) is 10.8. The molecule has 0 saturated carbocycles. The van der Waals surface area contributed by atoms with Gasteiger partial charge in [-0.2, -0.15) is 5.26 Å². The maximum absolute atomic E-state index is 13.8. The van der Waals surface area contributed by atoms with E-state index in [9.17, 15) is 17.2 Å². The van der Waals surface area contributed by atoms with E-state index >= 15 is 0 Å². The molecular formula is C15H13F2N3O2S. The Morgan fingerprint density at radius 3 is 2.35 bits per heavy atom. The highest BCUT2D eigenvalue weighted by atomic mass is 32.2. The SMILES string of the molecule is CS(=O)(=O)Nc1ccccc1CNc1c(F)cc(C#N)cc1F. The molecule has 2 aromatic rings. The zero-order valence-electron chi connectivity index (χ0n) is 12.1. The van der Waals surface area contributed by atoms with Gasteiger partial charge in [0.05, 0.1) is 23.6 Å². The molecule has 23 heavy (non-hydrogen) atoms. The first kappa shape index (κ1) is 16.7. The Morgan fingerprint density at radius 1 is 1.17 bits per heavy atom. The third-order valence-electron chi connectivity index (χ3n) is 2.94. The lowest BCUT2D eigenvalue weighted by molar-refractivity contribution is 0.587. The van der Waals surface area contributed by atoms with Crippen molar-refractivity contribution in [3.63, 3.8) is 0 Å². The summed E-state index contributed by atoms with van der Waals surface area (Å²) in [6.45, 7) is -0.00155. The summed E-state index contributed by atoms with van der Waals surface area (Å²) in [7, 11) is -3.47. The van der Waals surface area contributed by atoms with Crippen LogP contribution in [0.5, 0.6) is 0 Å². The molecule has 5 nitrogen and oxygen atoms in total. The van der Waals surface area contributed by atoms with Crippen molar-refractivity contribution in [3.05, 3.63) is 59.2 Å². The number of nitriles is 1. The Hall–Kier alpha value is -2.66. The van der Waals surface area contributed by atoms with Crippen molar-refractivity contribution in [2.75, 3.05) is 16.3 Å². The van der Waals surface area contributed by atoms with E-state index in [0.717, 1.165) is 18.4 Å². The molecule has 0 saturated heterocycles. The molecule has 2 aromatic carbocycles. The highest BCUT2D eigenvalue weighted by Gasteiger charge is 2.12. The fourth-order valence-electron chi connectivity index (χ4n) is 1.96. The first-order valence-electron chi connectivity index (χ1n) is 6.49. The van der Waals surface area contributed by atoms with Crippen LogP contribution in [0.25, 0.3) is 0 Å². The van der Waals surface area contributed by atoms with Gasteiger partial charge < -0.3 is 5.32 Å². The van der Waals surface area contributed by atoms with Gasteiger partial charge in [-0.25, -0.2) is 17.2 Å². The molecule has 0 spiro atoms. The van der Waals surface area contributed by atoms with Crippen LogP contribution in [0.3, 0.4) is 0 Å². The number of halogens is 2. The van der Waals surface area contributed by atoms with E-state index in [2.05, 4.69) is 10.0 Å². The fourth-order valence-corrected chi connectivity index (χ4v) is 2.56. The highest BCUT2D eigenvalue weighted by Crippen LogP contribution is 2.23. The summed E-state index contributed by atoms with van der Waals surface area (Å²) in [5.74, 6) is -1.79. The van der Waals surface area contributed by atoms with Gasteiger partial charge >= 0.3 is 0 Å². The van der Waals surface area contributed by atoms with Crippen molar-refractivity contribution >= 4 is 21.4 Å². The lowest BCUT2D eigenvalue weighted by Crippen LogP contribution is -2.13. The molecule has 8 heteroatoms. The topological polar surface area (TPSA) is 82.0 Å². The molecule has 120 valence electrons. The first-order valence-corrected chi connectivity index (χ1v) is 8.38. The van der Waals surface area contributed by atoms with Gasteiger partial charge in [0.25, 0.3) is 0 Å². The second-order valence-corrected chi connectivity index (χ2v) is 6.56. The average molecular weight is 337 g/mol. The Kier molecular flexibility index (Phi) is 4.81.